The van der Waals surface area contributed by atoms with Crippen molar-refractivity contribution in [1.29, 1.82) is 0 Å². The van der Waals surface area contributed by atoms with Crippen LogP contribution in [0.2, 0.25) is 0 Å². The molecule has 2 atom stereocenters. The van der Waals surface area contributed by atoms with E-state index in [-0.39, 0.29) is 23.8 Å². The Labute approximate surface area is 136 Å². The van der Waals surface area contributed by atoms with Crippen molar-refractivity contribution in [3.8, 4) is 0 Å². The summed E-state index contributed by atoms with van der Waals surface area (Å²) in [6.45, 7) is 1.04. The summed E-state index contributed by atoms with van der Waals surface area (Å²) in [5, 5.41) is 13.1. The molecule has 0 radical (unpaired) electrons. The SMILES string of the molecule is O=C(NC1CCCCC1)[C@H]1C[C@@H](O)CN1Cc1ccc(F)cc1. The van der Waals surface area contributed by atoms with Gasteiger partial charge in [-0.25, -0.2) is 4.39 Å². The van der Waals surface area contributed by atoms with Crippen molar-refractivity contribution in [2.45, 2.75) is 63.3 Å². The third-order valence-corrected chi connectivity index (χ3v) is 4.93. The van der Waals surface area contributed by atoms with Crippen molar-refractivity contribution in [3.63, 3.8) is 0 Å². The predicted molar refractivity (Wildman–Crippen MR) is 86.2 cm³/mol. The summed E-state index contributed by atoms with van der Waals surface area (Å²) in [6.07, 6.45) is 5.72. The first-order chi connectivity index (χ1) is 11.1. The van der Waals surface area contributed by atoms with Gasteiger partial charge in [0.05, 0.1) is 12.1 Å². The second-order valence-electron chi connectivity index (χ2n) is 6.80. The highest BCUT2D eigenvalue weighted by Crippen LogP contribution is 2.23. The third-order valence-electron chi connectivity index (χ3n) is 4.93. The number of β-amino-alcohol motifs (C(OH)–C–C–N with tert-alkyl or cyclic N) is 1. The molecule has 1 saturated heterocycles. The number of hydrogen-bond acceptors (Lipinski definition) is 3. The van der Waals surface area contributed by atoms with E-state index in [0.29, 0.717) is 19.5 Å². The van der Waals surface area contributed by atoms with E-state index in [9.17, 15) is 14.3 Å². The van der Waals surface area contributed by atoms with Crippen LogP contribution in [-0.4, -0.2) is 40.6 Å². The number of aliphatic hydroxyl groups excluding tert-OH is 1. The standard InChI is InChI=1S/C18H25FN2O2/c19-14-8-6-13(7-9-14)11-21-12-16(22)10-17(21)18(23)20-15-4-2-1-3-5-15/h6-9,15-17,22H,1-5,10-12H2,(H,20,23)/t16-,17-/m1/s1. The zero-order valence-electron chi connectivity index (χ0n) is 13.4. The van der Waals surface area contributed by atoms with Crippen molar-refractivity contribution in [3.05, 3.63) is 35.6 Å². The summed E-state index contributed by atoms with van der Waals surface area (Å²) in [5.41, 5.74) is 0.955. The molecule has 2 fully saturated rings. The smallest absolute Gasteiger partial charge is 0.237 e. The van der Waals surface area contributed by atoms with E-state index in [1.165, 1.54) is 31.4 Å². The molecule has 1 aliphatic carbocycles. The lowest BCUT2D eigenvalue weighted by molar-refractivity contribution is -0.126. The van der Waals surface area contributed by atoms with Gasteiger partial charge in [-0.2, -0.15) is 0 Å². The highest BCUT2D eigenvalue weighted by molar-refractivity contribution is 5.82. The van der Waals surface area contributed by atoms with Gasteiger partial charge in [0, 0.05) is 19.1 Å². The van der Waals surface area contributed by atoms with Gasteiger partial charge in [0.15, 0.2) is 0 Å². The molecule has 0 spiro atoms. The van der Waals surface area contributed by atoms with Crippen LogP contribution >= 0.6 is 0 Å². The second kappa shape index (κ2) is 7.41. The van der Waals surface area contributed by atoms with Crippen LogP contribution in [0.3, 0.4) is 0 Å². The summed E-state index contributed by atoms with van der Waals surface area (Å²) < 4.78 is 13.0. The maximum atomic E-state index is 13.0. The monoisotopic (exact) mass is 320 g/mol. The first kappa shape index (κ1) is 16.4. The average molecular weight is 320 g/mol. The summed E-state index contributed by atoms with van der Waals surface area (Å²) in [6, 6.07) is 6.31. The van der Waals surface area contributed by atoms with Crippen molar-refractivity contribution in [2.24, 2.45) is 0 Å². The molecule has 1 aromatic carbocycles. The number of carbonyl (C=O) groups is 1. The van der Waals surface area contributed by atoms with E-state index >= 15 is 0 Å². The molecule has 0 unspecified atom stereocenters. The zero-order chi connectivity index (χ0) is 16.2. The lowest BCUT2D eigenvalue weighted by Crippen LogP contribution is -2.47. The van der Waals surface area contributed by atoms with Crippen LogP contribution in [0.25, 0.3) is 0 Å². The molecule has 1 saturated carbocycles. The molecule has 5 heteroatoms. The Balaban J connectivity index is 1.61. The Morgan fingerprint density at radius 1 is 1.22 bits per heavy atom. The molecule has 126 valence electrons. The van der Waals surface area contributed by atoms with Crippen molar-refractivity contribution in [1.82, 2.24) is 10.2 Å². The number of carbonyl (C=O) groups excluding carboxylic acids is 1. The molecule has 3 rings (SSSR count). The van der Waals surface area contributed by atoms with Crippen molar-refractivity contribution >= 4 is 5.91 Å². The summed E-state index contributed by atoms with van der Waals surface area (Å²) in [5.74, 6) is -0.239. The van der Waals surface area contributed by atoms with Crippen molar-refractivity contribution in [2.75, 3.05) is 6.54 Å². The first-order valence-electron chi connectivity index (χ1n) is 8.59. The topological polar surface area (TPSA) is 52.6 Å². The molecule has 0 aromatic heterocycles. The van der Waals surface area contributed by atoms with Gasteiger partial charge in [-0.05, 0) is 37.0 Å². The van der Waals surface area contributed by atoms with Crippen LogP contribution < -0.4 is 5.32 Å². The minimum atomic E-state index is -0.474. The Morgan fingerprint density at radius 3 is 2.61 bits per heavy atom. The minimum absolute atomic E-state index is 0.0237. The largest absolute Gasteiger partial charge is 0.392 e. The fourth-order valence-corrected chi connectivity index (χ4v) is 3.70. The van der Waals surface area contributed by atoms with Crippen LogP contribution in [0.1, 0.15) is 44.1 Å². The summed E-state index contributed by atoms with van der Waals surface area (Å²) in [7, 11) is 0. The van der Waals surface area contributed by atoms with Gasteiger partial charge in [0.2, 0.25) is 5.91 Å². The Bertz CT molecular complexity index is 528. The second-order valence-corrected chi connectivity index (χ2v) is 6.80. The van der Waals surface area contributed by atoms with Gasteiger partial charge >= 0.3 is 0 Å². The molecule has 23 heavy (non-hydrogen) atoms. The van der Waals surface area contributed by atoms with Crippen LogP contribution in [0.15, 0.2) is 24.3 Å². The highest BCUT2D eigenvalue weighted by Gasteiger charge is 2.36. The summed E-state index contributed by atoms with van der Waals surface area (Å²) >= 11 is 0. The Morgan fingerprint density at radius 2 is 1.91 bits per heavy atom. The molecule has 1 aliphatic heterocycles. The van der Waals surface area contributed by atoms with Gasteiger partial charge in [-0.3, -0.25) is 9.69 Å². The fraction of sp³-hybridized carbons (Fsp3) is 0.611. The van der Waals surface area contributed by atoms with Crippen molar-refractivity contribution < 1.29 is 14.3 Å². The average Bonchev–Trinajstić information content (AvgIpc) is 2.91. The molecular weight excluding hydrogens is 295 g/mol. The lowest BCUT2D eigenvalue weighted by atomic mass is 9.95. The van der Waals surface area contributed by atoms with Crippen LogP contribution in [-0.2, 0) is 11.3 Å². The van der Waals surface area contributed by atoms with Crippen LogP contribution in [0.5, 0.6) is 0 Å². The number of benzene rings is 1. The highest BCUT2D eigenvalue weighted by atomic mass is 19.1. The Hall–Kier alpha value is -1.46. The molecule has 4 nitrogen and oxygen atoms in total. The van der Waals surface area contributed by atoms with E-state index in [2.05, 4.69) is 5.32 Å². The number of hydrogen-bond donors (Lipinski definition) is 2. The minimum Gasteiger partial charge on any atom is -0.392 e. The zero-order valence-corrected chi connectivity index (χ0v) is 13.4. The van der Waals surface area contributed by atoms with Crippen LogP contribution in [0.4, 0.5) is 4.39 Å². The number of rotatable bonds is 4. The number of aliphatic hydroxyl groups is 1. The summed E-state index contributed by atoms with van der Waals surface area (Å²) in [4.78, 5) is 14.6. The van der Waals surface area contributed by atoms with Gasteiger partial charge in [0.1, 0.15) is 5.82 Å². The Kier molecular flexibility index (Phi) is 5.28. The molecule has 0 bridgehead atoms. The maximum Gasteiger partial charge on any atom is 0.237 e. The quantitative estimate of drug-likeness (QED) is 0.894. The number of likely N-dealkylation sites (tertiary alicyclic amines) is 1. The normalized spacial score (nSPS) is 26.3. The van der Waals surface area contributed by atoms with E-state index in [1.54, 1.807) is 12.1 Å². The fourth-order valence-electron chi connectivity index (χ4n) is 3.70. The van der Waals surface area contributed by atoms with Gasteiger partial charge < -0.3 is 10.4 Å². The first-order valence-corrected chi connectivity index (χ1v) is 8.59. The third kappa shape index (κ3) is 4.30. The predicted octanol–water partition coefficient (Wildman–Crippen LogP) is 2.21. The van der Waals surface area contributed by atoms with E-state index in [0.717, 1.165) is 18.4 Å². The van der Waals surface area contributed by atoms with E-state index in [1.807, 2.05) is 4.90 Å². The van der Waals surface area contributed by atoms with Crippen LogP contribution in [0, 0.1) is 5.82 Å². The molecular formula is C18H25FN2O2. The number of halogens is 1. The maximum absolute atomic E-state index is 13.0. The van der Waals surface area contributed by atoms with E-state index < -0.39 is 6.10 Å². The van der Waals surface area contributed by atoms with Gasteiger partial charge in [-0.15, -0.1) is 0 Å². The number of nitrogens with zero attached hydrogens (tertiary/aromatic N) is 1. The molecule has 1 aromatic rings. The number of nitrogens with one attached hydrogen (secondary N) is 1. The lowest BCUT2D eigenvalue weighted by Gasteiger charge is -2.28. The number of amides is 1. The molecule has 1 amide bonds. The molecule has 1 heterocycles. The van der Waals surface area contributed by atoms with Gasteiger partial charge in [0.25, 0.3) is 0 Å². The molecule has 2 aliphatic rings. The van der Waals surface area contributed by atoms with E-state index in [4.69, 9.17) is 0 Å². The van der Waals surface area contributed by atoms with Gasteiger partial charge in [-0.1, -0.05) is 31.4 Å². The molecule has 2 N–H and O–H groups in total.